The molecule has 0 bridgehead atoms. The van der Waals surface area contributed by atoms with Crippen molar-refractivity contribution < 1.29 is 32.2 Å². The minimum atomic E-state index is -3.85. The fourth-order valence-electron chi connectivity index (χ4n) is 5.92. The first-order valence-electron chi connectivity index (χ1n) is 13.0. The number of ether oxygens (including phenoxy) is 2. The Morgan fingerprint density at radius 3 is 2.44 bits per heavy atom. The maximum Gasteiger partial charge on any atom is 0.322 e. The number of carbonyl (C=O) groups is 1. The first-order chi connectivity index (χ1) is 19.7. The third-order valence-corrected chi connectivity index (χ3v) is 9.70. The standard InChI is InChI=1S/C29H29FN4O6S/c1-39-20-4-3-5-22(12-20)41(37,38)33-15-29(16-33)17-34(28(36)31-19-8-6-18(30)7-9-19)25(14-35)27-26(29)23-11-10-21(40-2)13-24(23)32-27/h3-13,25,32,35H,14-17H2,1-2H3,(H,31,36)/t25-/m0/s1. The highest BCUT2D eigenvalue weighted by molar-refractivity contribution is 7.89. The highest BCUT2D eigenvalue weighted by Gasteiger charge is 2.56. The summed E-state index contributed by atoms with van der Waals surface area (Å²) in [6, 6.07) is 16.1. The SMILES string of the molecule is COc1cccc(S(=O)(=O)N2CC3(CN(C(=O)Nc4ccc(F)cc4)[C@@H](CO)c4[nH]c5cc(OC)ccc5c43)C2)c1. The number of aromatic amines is 1. The smallest absolute Gasteiger partial charge is 0.322 e. The van der Waals surface area contributed by atoms with Gasteiger partial charge in [0.1, 0.15) is 17.3 Å². The van der Waals surface area contributed by atoms with E-state index in [0.29, 0.717) is 22.9 Å². The van der Waals surface area contributed by atoms with Crippen molar-refractivity contribution in [3.05, 3.63) is 83.8 Å². The summed E-state index contributed by atoms with van der Waals surface area (Å²) >= 11 is 0. The van der Waals surface area contributed by atoms with Gasteiger partial charge in [0.15, 0.2) is 0 Å². The molecular weight excluding hydrogens is 551 g/mol. The minimum absolute atomic E-state index is 0.116. The second kappa shape index (κ2) is 10.1. The number of methoxy groups -OCH3 is 2. The molecule has 0 unspecified atom stereocenters. The number of sulfonamides is 1. The van der Waals surface area contributed by atoms with Crippen molar-refractivity contribution >= 4 is 32.6 Å². The predicted molar refractivity (Wildman–Crippen MR) is 150 cm³/mol. The Morgan fingerprint density at radius 2 is 1.76 bits per heavy atom. The number of carbonyl (C=O) groups excluding carboxylic acids is 1. The number of benzene rings is 3. The molecule has 0 aliphatic carbocycles. The van der Waals surface area contributed by atoms with Gasteiger partial charge in [0.05, 0.1) is 31.8 Å². The molecule has 1 aromatic heterocycles. The van der Waals surface area contributed by atoms with Crippen molar-refractivity contribution in [1.82, 2.24) is 14.2 Å². The highest BCUT2D eigenvalue weighted by Crippen LogP contribution is 2.50. The van der Waals surface area contributed by atoms with Gasteiger partial charge in [-0.05, 0) is 54.1 Å². The Labute approximate surface area is 236 Å². The molecule has 2 aliphatic heterocycles. The Hall–Kier alpha value is -4.13. The van der Waals surface area contributed by atoms with Crippen molar-refractivity contribution in [2.24, 2.45) is 0 Å². The predicted octanol–water partition coefficient (Wildman–Crippen LogP) is 3.85. The normalized spacial score (nSPS) is 18.1. The number of nitrogens with one attached hydrogen (secondary N) is 2. The Bertz CT molecular complexity index is 1730. The van der Waals surface area contributed by atoms with Gasteiger partial charge in [0.2, 0.25) is 10.0 Å². The van der Waals surface area contributed by atoms with Gasteiger partial charge in [-0.3, -0.25) is 0 Å². The van der Waals surface area contributed by atoms with E-state index in [0.717, 1.165) is 16.5 Å². The van der Waals surface area contributed by atoms with Gasteiger partial charge in [0, 0.05) is 59.5 Å². The lowest BCUT2D eigenvalue weighted by atomic mass is 9.70. The number of anilines is 1. The number of hydrogen-bond donors (Lipinski definition) is 3. The summed E-state index contributed by atoms with van der Waals surface area (Å²) in [6.45, 7) is 0.0328. The molecule has 10 nitrogen and oxygen atoms in total. The van der Waals surface area contributed by atoms with Gasteiger partial charge in [-0.15, -0.1) is 0 Å². The molecule has 1 atom stereocenters. The van der Waals surface area contributed by atoms with E-state index < -0.39 is 33.3 Å². The van der Waals surface area contributed by atoms with Crippen molar-refractivity contribution in [2.45, 2.75) is 16.4 Å². The molecule has 2 amide bonds. The Kier molecular flexibility index (Phi) is 6.63. The van der Waals surface area contributed by atoms with E-state index in [1.54, 1.807) is 19.2 Å². The van der Waals surface area contributed by atoms with Gasteiger partial charge >= 0.3 is 6.03 Å². The van der Waals surface area contributed by atoms with Crippen LogP contribution in [0.5, 0.6) is 11.5 Å². The monoisotopic (exact) mass is 580 g/mol. The van der Waals surface area contributed by atoms with E-state index in [2.05, 4.69) is 10.3 Å². The summed E-state index contributed by atoms with van der Waals surface area (Å²) in [7, 11) is -0.808. The highest BCUT2D eigenvalue weighted by atomic mass is 32.2. The van der Waals surface area contributed by atoms with Crippen LogP contribution in [-0.4, -0.2) is 74.2 Å². The van der Waals surface area contributed by atoms with Gasteiger partial charge < -0.3 is 29.8 Å². The van der Waals surface area contributed by atoms with E-state index >= 15 is 0 Å². The first-order valence-corrected chi connectivity index (χ1v) is 14.4. The molecule has 0 saturated carbocycles. The second-order valence-corrected chi connectivity index (χ2v) is 12.3. The maximum absolute atomic E-state index is 13.6. The van der Waals surface area contributed by atoms with Crippen molar-refractivity contribution in [2.75, 3.05) is 45.8 Å². The summed E-state index contributed by atoms with van der Waals surface area (Å²) in [6.07, 6.45) is 0. The number of amides is 2. The minimum Gasteiger partial charge on any atom is -0.497 e. The number of nitrogens with zero attached hydrogens (tertiary/aromatic N) is 2. The molecule has 1 spiro atoms. The first kappa shape index (κ1) is 27.1. The second-order valence-electron chi connectivity index (χ2n) is 10.3. The fraction of sp³-hybridized carbons (Fsp3) is 0.276. The topological polar surface area (TPSA) is 124 Å². The van der Waals surface area contributed by atoms with Gasteiger partial charge in [-0.1, -0.05) is 6.07 Å². The van der Waals surface area contributed by atoms with Gasteiger partial charge in [0.25, 0.3) is 0 Å². The molecule has 214 valence electrons. The summed E-state index contributed by atoms with van der Waals surface area (Å²) in [5.41, 5.74) is 1.90. The summed E-state index contributed by atoms with van der Waals surface area (Å²) in [4.78, 5) is 18.6. The molecule has 6 rings (SSSR count). The third-order valence-electron chi connectivity index (χ3n) is 7.91. The van der Waals surface area contributed by atoms with Crippen molar-refractivity contribution in [3.8, 4) is 11.5 Å². The van der Waals surface area contributed by atoms with Crippen LogP contribution in [0.4, 0.5) is 14.9 Å². The number of H-pyrrole nitrogens is 1. The van der Waals surface area contributed by atoms with Crippen LogP contribution in [0.2, 0.25) is 0 Å². The van der Waals surface area contributed by atoms with Crippen LogP contribution in [0.3, 0.4) is 0 Å². The lowest BCUT2D eigenvalue weighted by molar-refractivity contribution is 0.0550. The van der Waals surface area contributed by atoms with Crippen molar-refractivity contribution in [3.63, 3.8) is 0 Å². The Balaban J connectivity index is 1.40. The van der Waals surface area contributed by atoms with Gasteiger partial charge in [-0.2, -0.15) is 4.31 Å². The molecule has 4 aromatic rings. The summed E-state index contributed by atoms with van der Waals surface area (Å²) in [5.74, 6) is 0.631. The molecular formula is C29H29FN4O6S. The number of rotatable bonds is 6. The van der Waals surface area contributed by atoms with Gasteiger partial charge in [-0.25, -0.2) is 17.6 Å². The Morgan fingerprint density at radius 1 is 1.05 bits per heavy atom. The van der Waals surface area contributed by atoms with E-state index in [1.807, 2.05) is 18.2 Å². The van der Waals surface area contributed by atoms with E-state index in [1.165, 1.54) is 52.7 Å². The lowest BCUT2D eigenvalue weighted by Gasteiger charge is -2.55. The average molecular weight is 581 g/mol. The molecule has 3 heterocycles. The summed E-state index contributed by atoms with van der Waals surface area (Å²) in [5, 5.41) is 14.1. The van der Waals surface area contributed by atoms with Crippen LogP contribution in [0, 0.1) is 5.82 Å². The van der Waals surface area contributed by atoms with Crippen molar-refractivity contribution in [1.29, 1.82) is 0 Å². The van der Waals surface area contributed by atoms with Crippen LogP contribution in [-0.2, 0) is 15.4 Å². The molecule has 0 radical (unpaired) electrons. The molecule has 12 heteroatoms. The molecule has 1 fully saturated rings. The molecule has 1 saturated heterocycles. The number of urea groups is 1. The molecule has 2 aliphatic rings. The zero-order valence-corrected chi connectivity index (χ0v) is 23.2. The number of aliphatic hydroxyl groups excluding tert-OH is 1. The van der Waals surface area contributed by atoms with Crippen LogP contribution >= 0.6 is 0 Å². The number of fused-ring (bicyclic) bond motifs is 4. The molecule has 3 N–H and O–H groups in total. The lowest BCUT2D eigenvalue weighted by Crippen LogP contribution is -2.68. The number of halogens is 1. The largest absolute Gasteiger partial charge is 0.497 e. The zero-order chi connectivity index (χ0) is 28.9. The molecule has 3 aromatic carbocycles. The number of hydrogen-bond acceptors (Lipinski definition) is 6. The zero-order valence-electron chi connectivity index (χ0n) is 22.4. The number of aliphatic hydroxyl groups is 1. The quantitative estimate of drug-likeness (QED) is 0.318. The maximum atomic E-state index is 13.6. The average Bonchev–Trinajstić information content (AvgIpc) is 3.35. The molecule has 41 heavy (non-hydrogen) atoms. The third kappa shape index (κ3) is 4.48. The fourth-order valence-corrected chi connectivity index (χ4v) is 7.56. The number of aromatic nitrogens is 1. The van der Waals surface area contributed by atoms with Crippen LogP contribution in [0.1, 0.15) is 17.3 Å². The van der Waals surface area contributed by atoms with E-state index in [4.69, 9.17) is 9.47 Å². The van der Waals surface area contributed by atoms with E-state index in [9.17, 15) is 22.7 Å². The van der Waals surface area contributed by atoms with E-state index in [-0.39, 0.29) is 31.1 Å². The van der Waals surface area contributed by atoms with Crippen LogP contribution in [0.25, 0.3) is 10.9 Å². The summed E-state index contributed by atoms with van der Waals surface area (Å²) < 4.78 is 52.6. The van der Waals surface area contributed by atoms with Crippen LogP contribution < -0.4 is 14.8 Å². The van der Waals surface area contributed by atoms with Crippen LogP contribution in [0.15, 0.2) is 71.6 Å².